The number of hydrogen-bond acceptors (Lipinski definition) is 3. The highest BCUT2D eigenvalue weighted by Gasteiger charge is 2.12. The molecule has 2 aromatic heterocycles. The molecule has 0 aliphatic rings. The molecule has 3 rings (SSSR count). The fourth-order valence-corrected chi connectivity index (χ4v) is 2.21. The summed E-state index contributed by atoms with van der Waals surface area (Å²) in [4.78, 5) is 12.3. The first kappa shape index (κ1) is 13.6. The van der Waals surface area contributed by atoms with Crippen molar-refractivity contribution in [3.8, 4) is 0 Å². The molecule has 0 saturated heterocycles. The van der Waals surface area contributed by atoms with Gasteiger partial charge in [0.25, 0.3) is 5.91 Å². The maximum Gasteiger partial charge on any atom is 0.270 e. The van der Waals surface area contributed by atoms with Crippen LogP contribution in [0.5, 0.6) is 0 Å². The molecule has 3 aromatic rings. The third-order valence-corrected chi connectivity index (χ3v) is 3.47. The standard InChI is InChI=1S/C15H13ClN4O/c1-10-13-3-2-4-14(20(13)19-18-10)15(21)17-9-11-5-7-12(16)8-6-11/h2-8H,9H2,1H3,(H,17,21). The minimum Gasteiger partial charge on any atom is -0.347 e. The lowest BCUT2D eigenvalue weighted by Gasteiger charge is -2.07. The molecule has 5 nitrogen and oxygen atoms in total. The van der Waals surface area contributed by atoms with E-state index in [9.17, 15) is 4.79 Å². The Morgan fingerprint density at radius 1 is 1.24 bits per heavy atom. The van der Waals surface area contributed by atoms with Gasteiger partial charge in [0.15, 0.2) is 0 Å². The molecular formula is C15H13ClN4O. The second-order valence-corrected chi connectivity index (χ2v) is 5.13. The van der Waals surface area contributed by atoms with E-state index in [4.69, 9.17) is 11.6 Å². The van der Waals surface area contributed by atoms with Crippen molar-refractivity contribution in [3.05, 3.63) is 64.4 Å². The van der Waals surface area contributed by atoms with E-state index in [-0.39, 0.29) is 5.91 Å². The van der Waals surface area contributed by atoms with Crippen LogP contribution in [-0.4, -0.2) is 20.7 Å². The number of carbonyl (C=O) groups excluding carboxylic acids is 1. The Morgan fingerprint density at radius 2 is 2.00 bits per heavy atom. The molecule has 1 aromatic carbocycles. The Labute approximate surface area is 126 Å². The van der Waals surface area contributed by atoms with Gasteiger partial charge in [0.05, 0.1) is 11.2 Å². The van der Waals surface area contributed by atoms with Gasteiger partial charge in [-0.05, 0) is 36.8 Å². The van der Waals surface area contributed by atoms with Crippen LogP contribution in [0.1, 0.15) is 21.7 Å². The van der Waals surface area contributed by atoms with Crippen molar-refractivity contribution in [2.45, 2.75) is 13.5 Å². The van der Waals surface area contributed by atoms with E-state index in [0.29, 0.717) is 17.3 Å². The van der Waals surface area contributed by atoms with E-state index in [2.05, 4.69) is 15.6 Å². The van der Waals surface area contributed by atoms with Gasteiger partial charge in [-0.2, -0.15) is 0 Å². The van der Waals surface area contributed by atoms with Gasteiger partial charge in [-0.1, -0.05) is 35.0 Å². The molecule has 106 valence electrons. The monoisotopic (exact) mass is 300 g/mol. The van der Waals surface area contributed by atoms with Crippen LogP contribution in [-0.2, 0) is 6.54 Å². The largest absolute Gasteiger partial charge is 0.347 e. The molecule has 21 heavy (non-hydrogen) atoms. The minimum absolute atomic E-state index is 0.194. The second-order valence-electron chi connectivity index (χ2n) is 4.69. The number of nitrogens with one attached hydrogen (secondary N) is 1. The van der Waals surface area contributed by atoms with Gasteiger partial charge in [0, 0.05) is 11.6 Å². The molecule has 6 heteroatoms. The average Bonchev–Trinajstić information content (AvgIpc) is 2.88. The van der Waals surface area contributed by atoms with Crippen LogP contribution in [0.3, 0.4) is 0 Å². The third kappa shape index (κ3) is 2.73. The number of benzene rings is 1. The predicted molar refractivity (Wildman–Crippen MR) is 80.3 cm³/mol. The van der Waals surface area contributed by atoms with Crippen LogP contribution in [0, 0.1) is 6.92 Å². The first-order chi connectivity index (χ1) is 10.1. The number of rotatable bonds is 3. The maximum absolute atomic E-state index is 12.3. The zero-order valence-corrected chi connectivity index (χ0v) is 12.1. The number of pyridine rings is 1. The molecule has 2 heterocycles. The summed E-state index contributed by atoms with van der Waals surface area (Å²) in [5.74, 6) is -0.194. The van der Waals surface area contributed by atoms with E-state index in [0.717, 1.165) is 16.8 Å². The lowest BCUT2D eigenvalue weighted by molar-refractivity contribution is 0.0943. The van der Waals surface area contributed by atoms with Crippen molar-refractivity contribution < 1.29 is 4.79 Å². The van der Waals surface area contributed by atoms with Crippen molar-refractivity contribution in [1.82, 2.24) is 20.1 Å². The number of amides is 1. The fourth-order valence-electron chi connectivity index (χ4n) is 2.08. The molecule has 0 atom stereocenters. The number of aromatic nitrogens is 3. The van der Waals surface area contributed by atoms with E-state index in [1.165, 1.54) is 0 Å². The molecule has 1 N–H and O–H groups in total. The topological polar surface area (TPSA) is 59.3 Å². The van der Waals surface area contributed by atoms with Gasteiger partial charge in [-0.25, -0.2) is 4.52 Å². The molecular weight excluding hydrogens is 288 g/mol. The molecule has 0 bridgehead atoms. The summed E-state index contributed by atoms with van der Waals surface area (Å²) in [5, 5.41) is 11.5. The number of carbonyl (C=O) groups is 1. The van der Waals surface area contributed by atoms with Crippen LogP contribution in [0.2, 0.25) is 5.02 Å². The van der Waals surface area contributed by atoms with E-state index >= 15 is 0 Å². The van der Waals surface area contributed by atoms with E-state index in [1.54, 1.807) is 22.7 Å². The Hall–Kier alpha value is -2.40. The minimum atomic E-state index is -0.194. The Balaban J connectivity index is 1.79. The Kier molecular flexibility index (Phi) is 3.58. The molecule has 1 amide bonds. The van der Waals surface area contributed by atoms with Crippen molar-refractivity contribution in [2.24, 2.45) is 0 Å². The molecule has 0 aliphatic carbocycles. The average molecular weight is 301 g/mol. The number of aryl methyl sites for hydroxylation is 1. The quantitative estimate of drug-likeness (QED) is 0.809. The number of fused-ring (bicyclic) bond motifs is 1. The highest BCUT2D eigenvalue weighted by molar-refractivity contribution is 6.30. The first-order valence-corrected chi connectivity index (χ1v) is 6.86. The van der Waals surface area contributed by atoms with Crippen molar-refractivity contribution >= 4 is 23.0 Å². The van der Waals surface area contributed by atoms with Crippen molar-refractivity contribution in [3.63, 3.8) is 0 Å². The fraction of sp³-hybridized carbons (Fsp3) is 0.133. The summed E-state index contributed by atoms with van der Waals surface area (Å²) >= 11 is 5.83. The van der Waals surface area contributed by atoms with Crippen molar-refractivity contribution in [1.29, 1.82) is 0 Å². The van der Waals surface area contributed by atoms with Crippen LogP contribution >= 0.6 is 11.6 Å². The molecule has 0 aliphatic heterocycles. The van der Waals surface area contributed by atoms with Gasteiger partial charge in [0.1, 0.15) is 5.69 Å². The normalized spacial score (nSPS) is 10.8. The second kappa shape index (κ2) is 5.54. The van der Waals surface area contributed by atoms with Crippen LogP contribution < -0.4 is 5.32 Å². The zero-order valence-electron chi connectivity index (χ0n) is 11.4. The summed E-state index contributed by atoms with van der Waals surface area (Å²) in [5.41, 5.74) is 3.06. The Bertz CT molecular complexity index is 795. The number of hydrogen-bond donors (Lipinski definition) is 1. The highest BCUT2D eigenvalue weighted by Crippen LogP contribution is 2.11. The molecule has 0 spiro atoms. The maximum atomic E-state index is 12.3. The van der Waals surface area contributed by atoms with Crippen LogP contribution in [0.25, 0.3) is 5.52 Å². The van der Waals surface area contributed by atoms with Gasteiger partial charge < -0.3 is 5.32 Å². The molecule has 0 saturated carbocycles. The molecule has 0 radical (unpaired) electrons. The number of nitrogens with zero attached hydrogens (tertiary/aromatic N) is 3. The summed E-state index contributed by atoms with van der Waals surface area (Å²) in [6.45, 7) is 2.29. The zero-order chi connectivity index (χ0) is 14.8. The van der Waals surface area contributed by atoms with Gasteiger partial charge in [-0.3, -0.25) is 4.79 Å². The third-order valence-electron chi connectivity index (χ3n) is 3.22. The number of halogens is 1. The lowest BCUT2D eigenvalue weighted by atomic mass is 10.2. The van der Waals surface area contributed by atoms with E-state index < -0.39 is 0 Å². The van der Waals surface area contributed by atoms with E-state index in [1.807, 2.05) is 31.2 Å². The van der Waals surface area contributed by atoms with Gasteiger partial charge in [-0.15, -0.1) is 5.10 Å². The Morgan fingerprint density at radius 3 is 2.76 bits per heavy atom. The summed E-state index contributed by atoms with van der Waals surface area (Å²) < 4.78 is 1.55. The highest BCUT2D eigenvalue weighted by atomic mass is 35.5. The lowest BCUT2D eigenvalue weighted by Crippen LogP contribution is -2.25. The SMILES string of the molecule is Cc1nnn2c(C(=O)NCc3ccc(Cl)cc3)cccc12. The predicted octanol–water partition coefficient (Wildman–Crippen LogP) is 2.62. The van der Waals surface area contributed by atoms with Crippen LogP contribution in [0.15, 0.2) is 42.5 Å². The summed E-state index contributed by atoms with van der Waals surface area (Å²) in [6.07, 6.45) is 0. The van der Waals surface area contributed by atoms with Gasteiger partial charge in [0.2, 0.25) is 0 Å². The first-order valence-electron chi connectivity index (χ1n) is 6.49. The van der Waals surface area contributed by atoms with Crippen molar-refractivity contribution in [2.75, 3.05) is 0 Å². The summed E-state index contributed by atoms with van der Waals surface area (Å²) in [7, 11) is 0. The van der Waals surface area contributed by atoms with Gasteiger partial charge >= 0.3 is 0 Å². The summed E-state index contributed by atoms with van der Waals surface area (Å²) in [6, 6.07) is 12.8. The molecule has 0 unspecified atom stereocenters. The smallest absolute Gasteiger partial charge is 0.270 e. The van der Waals surface area contributed by atoms with Crippen LogP contribution in [0.4, 0.5) is 0 Å². The molecule has 0 fully saturated rings.